The summed E-state index contributed by atoms with van der Waals surface area (Å²) in [6.45, 7) is 3.99. The summed E-state index contributed by atoms with van der Waals surface area (Å²) in [4.78, 5) is 11.4. The Hall–Kier alpha value is -0.730. The molecule has 0 amide bonds. The van der Waals surface area contributed by atoms with Crippen molar-refractivity contribution in [2.45, 2.75) is 32.6 Å². The van der Waals surface area contributed by atoms with Crippen LogP contribution in [-0.4, -0.2) is 11.1 Å². The van der Waals surface area contributed by atoms with Gasteiger partial charge < -0.3 is 5.11 Å². The molecule has 1 rings (SSSR count). The second kappa shape index (κ2) is 6.27. The molecular weight excluding hydrogens is 259 g/mol. The Balaban J connectivity index is 3.18. The second-order valence-electron chi connectivity index (χ2n) is 4.06. The molecule has 2 nitrogen and oxygen atoms in total. The third-order valence-corrected chi connectivity index (χ3v) is 3.65. The highest BCUT2D eigenvalue weighted by atomic mass is 35.5. The molecule has 17 heavy (non-hydrogen) atoms. The molecule has 0 aliphatic carbocycles. The molecule has 1 aromatic rings. The summed E-state index contributed by atoms with van der Waals surface area (Å²) in [7, 11) is 0. The number of hydrogen-bond acceptors (Lipinski definition) is 1. The fourth-order valence-electron chi connectivity index (χ4n) is 2.10. The Bertz CT molecular complexity index is 400. The Morgan fingerprint density at radius 3 is 2.29 bits per heavy atom. The van der Waals surface area contributed by atoms with E-state index in [0.717, 1.165) is 12.8 Å². The van der Waals surface area contributed by atoms with Gasteiger partial charge in [-0.3, -0.25) is 4.79 Å². The fraction of sp³-hybridized carbons (Fsp3) is 0.462. The van der Waals surface area contributed by atoms with Crippen molar-refractivity contribution >= 4 is 29.2 Å². The van der Waals surface area contributed by atoms with Gasteiger partial charge in [-0.25, -0.2) is 0 Å². The van der Waals surface area contributed by atoms with Crippen LogP contribution < -0.4 is 0 Å². The number of hydrogen-bond donors (Lipinski definition) is 1. The van der Waals surface area contributed by atoms with Gasteiger partial charge in [-0.2, -0.15) is 0 Å². The minimum absolute atomic E-state index is 0.0891. The van der Waals surface area contributed by atoms with Crippen molar-refractivity contribution in [3.8, 4) is 0 Å². The van der Waals surface area contributed by atoms with Gasteiger partial charge in [0.15, 0.2) is 0 Å². The Morgan fingerprint density at radius 1 is 1.29 bits per heavy atom. The molecule has 0 heterocycles. The van der Waals surface area contributed by atoms with Crippen LogP contribution in [0.15, 0.2) is 18.2 Å². The molecular formula is C13H16Cl2O2. The Kier molecular flexibility index (Phi) is 5.29. The predicted octanol–water partition coefficient (Wildman–Crippen LogP) is 4.60. The lowest BCUT2D eigenvalue weighted by molar-refractivity contribution is -0.140. The first-order chi connectivity index (χ1) is 8.01. The number of carbonyl (C=O) groups is 1. The Morgan fingerprint density at radius 2 is 1.88 bits per heavy atom. The zero-order valence-electron chi connectivity index (χ0n) is 9.91. The van der Waals surface area contributed by atoms with Gasteiger partial charge in [-0.05, 0) is 23.6 Å². The lowest BCUT2D eigenvalue weighted by Gasteiger charge is -2.22. The molecule has 0 radical (unpaired) electrons. The summed E-state index contributed by atoms with van der Waals surface area (Å²) in [6.07, 6.45) is 1.62. The number of carboxylic acids is 1. The smallest absolute Gasteiger partial charge is 0.311 e. The van der Waals surface area contributed by atoms with Crippen molar-refractivity contribution < 1.29 is 9.90 Å². The van der Waals surface area contributed by atoms with Crippen LogP contribution in [0.3, 0.4) is 0 Å². The number of aliphatic carboxylic acids is 1. The van der Waals surface area contributed by atoms with Crippen molar-refractivity contribution in [1.29, 1.82) is 0 Å². The highest BCUT2D eigenvalue weighted by molar-refractivity contribution is 6.35. The van der Waals surface area contributed by atoms with E-state index in [4.69, 9.17) is 23.2 Å². The van der Waals surface area contributed by atoms with E-state index >= 15 is 0 Å². The van der Waals surface area contributed by atoms with Gasteiger partial charge in [-0.15, -0.1) is 0 Å². The summed E-state index contributed by atoms with van der Waals surface area (Å²) in [5.74, 6) is -1.30. The van der Waals surface area contributed by atoms with E-state index in [1.807, 2.05) is 13.8 Å². The van der Waals surface area contributed by atoms with Gasteiger partial charge in [0.25, 0.3) is 0 Å². The van der Waals surface area contributed by atoms with Gasteiger partial charge >= 0.3 is 5.97 Å². The monoisotopic (exact) mass is 274 g/mol. The molecule has 1 unspecified atom stereocenters. The molecule has 0 bridgehead atoms. The van der Waals surface area contributed by atoms with Gasteiger partial charge in [0.2, 0.25) is 0 Å². The SMILES string of the molecule is CCC(CC)C(C(=O)O)c1ccc(Cl)cc1Cl. The largest absolute Gasteiger partial charge is 0.481 e. The zero-order chi connectivity index (χ0) is 13.0. The zero-order valence-corrected chi connectivity index (χ0v) is 11.4. The number of carboxylic acid groups (broad SMARTS) is 1. The van der Waals surface area contributed by atoms with Crippen LogP contribution in [0.2, 0.25) is 10.0 Å². The number of benzene rings is 1. The second-order valence-corrected chi connectivity index (χ2v) is 4.90. The molecule has 0 aliphatic heterocycles. The van der Waals surface area contributed by atoms with E-state index in [1.54, 1.807) is 18.2 Å². The van der Waals surface area contributed by atoms with Crippen molar-refractivity contribution in [3.63, 3.8) is 0 Å². The van der Waals surface area contributed by atoms with Crippen LogP contribution in [0, 0.1) is 5.92 Å². The molecule has 1 atom stereocenters. The minimum Gasteiger partial charge on any atom is -0.481 e. The van der Waals surface area contributed by atoms with E-state index in [2.05, 4.69) is 0 Å². The standard InChI is InChI=1S/C13H16Cl2O2/c1-3-8(4-2)12(13(16)17)10-6-5-9(14)7-11(10)15/h5-8,12H,3-4H2,1-2H3,(H,16,17). The summed E-state index contributed by atoms with van der Waals surface area (Å²) < 4.78 is 0. The topological polar surface area (TPSA) is 37.3 Å². The molecule has 94 valence electrons. The van der Waals surface area contributed by atoms with Crippen LogP contribution in [0.25, 0.3) is 0 Å². The van der Waals surface area contributed by atoms with Crippen LogP contribution in [0.4, 0.5) is 0 Å². The van der Waals surface area contributed by atoms with Crippen molar-refractivity contribution in [3.05, 3.63) is 33.8 Å². The highest BCUT2D eigenvalue weighted by Crippen LogP contribution is 2.35. The highest BCUT2D eigenvalue weighted by Gasteiger charge is 2.29. The van der Waals surface area contributed by atoms with E-state index in [-0.39, 0.29) is 5.92 Å². The van der Waals surface area contributed by atoms with Crippen molar-refractivity contribution in [2.24, 2.45) is 5.92 Å². The molecule has 0 saturated carbocycles. The maximum Gasteiger partial charge on any atom is 0.311 e. The molecule has 0 aliphatic rings. The lowest BCUT2D eigenvalue weighted by atomic mass is 9.82. The van der Waals surface area contributed by atoms with E-state index in [9.17, 15) is 9.90 Å². The first kappa shape index (κ1) is 14.3. The quantitative estimate of drug-likeness (QED) is 0.852. The molecule has 4 heteroatoms. The fourth-order valence-corrected chi connectivity index (χ4v) is 2.63. The van der Waals surface area contributed by atoms with E-state index in [0.29, 0.717) is 15.6 Å². The third kappa shape index (κ3) is 3.36. The van der Waals surface area contributed by atoms with Crippen molar-refractivity contribution in [2.75, 3.05) is 0 Å². The van der Waals surface area contributed by atoms with Gasteiger partial charge in [-0.1, -0.05) is 56.0 Å². The van der Waals surface area contributed by atoms with Crippen LogP contribution in [0.1, 0.15) is 38.2 Å². The van der Waals surface area contributed by atoms with Crippen molar-refractivity contribution in [1.82, 2.24) is 0 Å². The van der Waals surface area contributed by atoms with E-state index in [1.165, 1.54) is 0 Å². The van der Waals surface area contributed by atoms with Gasteiger partial charge in [0.1, 0.15) is 0 Å². The number of halogens is 2. The minimum atomic E-state index is -0.831. The van der Waals surface area contributed by atoms with Gasteiger partial charge in [0, 0.05) is 10.0 Å². The third-order valence-electron chi connectivity index (χ3n) is 3.08. The lowest BCUT2D eigenvalue weighted by Crippen LogP contribution is -2.21. The normalized spacial score (nSPS) is 12.8. The summed E-state index contributed by atoms with van der Waals surface area (Å²) >= 11 is 11.9. The molecule has 1 N–H and O–H groups in total. The summed E-state index contributed by atoms with van der Waals surface area (Å²) in [6, 6.07) is 4.99. The average Bonchev–Trinajstić information content (AvgIpc) is 2.26. The van der Waals surface area contributed by atoms with Gasteiger partial charge in [0.05, 0.1) is 5.92 Å². The molecule has 1 aromatic carbocycles. The molecule has 0 spiro atoms. The maximum absolute atomic E-state index is 11.4. The maximum atomic E-state index is 11.4. The summed E-state index contributed by atoms with van der Waals surface area (Å²) in [5.41, 5.74) is 0.650. The molecule has 0 aromatic heterocycles. The average molecular weight is 275 g/mol. The van der Waals surface area contributed by atoms with E-state index < -0.39 is 11.9 Å². The molecule has 0 saturated heterocycles. The van der Waals surface area contributed by atoms with Crippen LogP contribution >= 0.6 is 23.2 Å². The first-order valence-corrected chi connectivity index (χ1v) is 6.44. The first-order valence-electron chi connectivity index (χ1n) is 5.69. The van der Waals surface area contributed by atoms with Crippen LogP contribution in [-0.2, 0) is 4.79 Å². The predicted molar refractivity (Wildman–Crippen MR) is 70.9 cm³/mol. The van der Waals surface area contributed by atoms with Crippen LogP contribution in [0.5, 0.6) is 0 Å². The summed E-state index contributed by atoms with van der Waals surface area (Å²) in [5, 5.41) is 10.3. The Labute approximate surface area is 112 Å². The number of rotatable bonds is 5. The molecule has 0 fully saturated rings.